The van der Waals surface area contributed by atoms with Gasteiger partial charge >= 0.3 is 0 Å². The van der Waals surface area contributed by atoms with Crippen molar-refractivity contribution in [3.05, 3.63) is 93.9 Å². The number of hydrogen-bond donors (Lipinski definition) is 2. The van der Waals surface area contributed by atoms with E-state index in [9.17, 15) is 19.7 Å². The molecule has 0 spiro atoms. The molecule has 0 saturated carbocycles. The Bertz CT molecular complexity index is 1420. The van der Waals surface area contributed by atoms with E-state index in [1.807, 2.05) is 41.8 Å². The summed E-state index contributed by atoms with van der Waals surface area (Å²) in [6.45, 7) is 1.81. The van der Waals surface area contributed by atoms with Crippen LogP contribution in [0.2, 0.25) is 0 Å². The minimum atomic E-state index is -0.518. The fraction of sp³-hybridized carbons (Fsp3) is 0.115. The lowest BCUT2D eigenvalue weighted by atomic mass is 10.2. The molecule has 0 saturated heterocycles. The van der Waals surface area contributed by atoms with Crippen LogP contribution in [0, 0.1) is 10.1 Å². The SMILES string of the molecule is COc1cccc(-c2csc(NC(=O)C(C)Sc3ccc(NC(=O)c4ccc([N+](=O)[O-])cc4)cc3)n2)c1. The van der Waals surface area contributed by atoms with Crippen LogP contribution in [-0.2, 0) is 4.79 Å². The van der Waals surface area contributed by atoms with E-state index >= 15 is 0 Å². The highest BCUT2D eigenvalue weighted by molar-refractivity contribution is 8.00. The Morgan fingerprint density at radius 2 is 1.78 bits per heavy atom. The summed E-state index contributed by atoms with van der Waals surface area (Å²) in [5, 5.41) is 18.4. The fourth-order valence-electron chi connectivity index (χ4n) is 3.27. The van der Waals surface area contributed by atoms with Gasteiger partial charge in [0.1, 0.15) is 5.75 Å². The Hall–Kier alpha value is -4.22. The van der Waals surface area contributed by atoms with Crippen LogP contribution in [0.1, 0.15) is 17.3 Å². The molecule has 188 valence electrons. The van der Waals surface area contributed by atoms with Gasteiger partial charge in [0, 0.05) is 39.2 Å². The van der Waals surface area contributed by atoms with Crippen molar-refractivity contribution in [1.29, 1.82) is 0 Å². The average Bonchev–Trinajstić information content (AvgIpc) is 3.38. The van der Waals surface area contributed by atoms with Crippen LogP contribution in [0.5, 0.6) is 5.75 Å². The van der Waals surface area contributed by atoms with Crippen LogP contribution in [0.25, 0.3) is 11.3 Å². The van der Waals surface area contributed by atoms with Crippen molar-refractivity contribution in [2.24, 2.45) is 0 Å². The van der Waals surface area contributed by atoms with Gasteiger partial charge < -0.3 is 15.4 Å². The number of methoxy groups -OCH3 is 1. The summed E-state index contributed by atoms with van der Waals surface area (Å²) in [4.78, 5) is 40.7. The van der Waals surface area contributed by atoms with Crippen molar-refractivity contribution in [2.75, 3.05) is 17.7 Å². The third kappa shape index (κ3) is 6.72. The lowest BCUT2D eigenvalue weighted by molar-refractivity contribution is -0.384. The molecule has 1 aromatic heterocycles. The van der Waals surface area contributed by atoms with Crippen LogP contribution in [0.4, 0.5) is 16.5 Å². The molecule has 37 heavy (non-hydrogen) atoms. The quantitative estimate of drug-likeness (QED) is 0.151. The topological polar surface area (TPSA) is 123 Å². The number of thioether (sulfide) groups is 1. The number of anilines is 2. The normalized spacial score (nSPS) is 11.4. The Kier molecular flexibility index (Phi) is 8.16. The largest absolute Gasteiger partial charge is 0.497 e. The van der Waals surface area contributed by atoms with E-state index in [-0.39, 0.29) is 22.8 Å². The number of non-ortho nitro benzene ring substituents is 1. The Balaban J connectivity index is 1.31. The van der Waals surface area contributed by atoms with E-state index in [4.69, 9.17) is 4.74 Å². The summed E-state index contributed by atoms with van der Waals surface area (Å²) in [5.41, 5.74) is 2.46. The minimum Gasteiger partial charge on any atom is -0.497 e. The Labute approximate surface area is 221 Å². The smallest absolute Gasteiger partial charge is 0.269 e. The highest BCUT2D eigenvalue weighted by Crippen LogP contribution is 2.29. The molecule has 2 amide bonds. The van der Waals surface area contributed by atoms with E-state index in [1.165, 1.54) is 47.4 Å². The first-order valence-electron chi connectivity index (χ1n) is 11.1. The number of benzene rings is 3. The predicted molar refractivity (Wildman–Crippen MR) is 146 cm³/mol. The molecule has 2 N–H and O–H groups in total. The molecular formula is C26H22N4O5S2. The molecule has 1 atom stereocenters. The van der Waals surface area contributed by atoms with E-state index < -0.39 is 4.92 Å². The molecule has 3 aromatic carbocycles. The Morgan fingerprint density at radius 1 is 1.05 bits per heavy atom. The zero-order valence-electron chi connectivity index (χ0n) is 19.8. The maximum atomic E-state index is 12.7. The number of thiazole rings is 1. The molecule has 0 bridgehead atoms. The van der Waals surface area contributed by atoms with Gasteiger partial charge in [0.15, 0.2) is 5.13 Å². The second-order valence-electron chi connectivity index (χ2n) is 7.80. The van der Waals surface area contributed by atoms with Crippen molar-refractivity contribution in [1.82, 2.24) is 4.98 Å². The van der Waals surface area contributed by atoms with Crippen LogP contribution >= 0.6 is 23.1 Å². The van der Waals surface area contributed by atoms with Gasteiger partial charge in [-0.25, -0.2) is 4.98 Å². The zero-order chi connectivity index (χ0) is 26.4. The number of carbonyl (C=O) groups excluding carboxylic acids is 2. The van der Waals surface area contributed by atoms with E-state index in [1.54, 1.807) is 26.2 Å². The maximum Gasteiger partial charge on any atom is 0.269 e. The predicted octanol–water partition coefficient (Wildman–Crippen LogP) is 6.10. The number of rotatable bonds is 9. The van der Waals surface area contributed by atoms with Gasteiger partial charge in [0.25, 0.3) is 11.6 Å². The van der Waals surface area contributed by atoms with Crippen molar-refractivity contribution in [2.45, 2.75) is 17.1 Å². The van der Waals surface area contributed by atoms with E-state index in [0.717, 1.165) is 21.9 Å². The molecule has 11 heteroatoms. The number of aromatic nitrogens is 1. The summed E-state index contributed by atoms with van der Waals surface area (Å²) in [6.07, 6.45) is 0. The highest BCUT2D eigenvalue weighted by Gasteiger charge is 2.17. The van der Waals surface area contributed by atoms with Crippen LogP contribution < -0.4 is 15.4 Å². The monoisotopic (exact) mass is 534 g/mol. The lowest BCUT2D eigenvalue weighted by Gasteiger charge is -2.11. The minimum absolute atomic E-state index is 0.0803. The maximum absolute atomic E-state index is 12.7. The standard InChI is InChI=1S/C26H22N4O5S2/c1-16(24(31)29-26-28-23(15-36-26)18-4-3-5-21(14-18)35-2)37-22-12-8-19(9-13-22)27-25(32)17-6-10-20(11-7-17)30(33)34/h3-16H,1-2H3,(H,27,32)(H,28,29,31). The van der Waals surface area contributed by atoms with Crippen molar-refractivity contribution in [3.8, 4) is 17.0 Å². The van der Waals surface area contributed by atoms with Crippen LogP contribution in [-0.4, -0.2) is 34.1 Å². The first-order chi connectivity index (χ1) is 17.8. The highest BCUT2D eigenvalue weighted by atomic mass is 32.2. The average molecular weight is 535 g/mol. The molecule has 0 aliphatic heterocycles. The molecule has 9 nitrogen and oxygen atoms in total. The molecule has 1 unspecified atom stereocenters. The first kappa shape index (κ1) is 25.9. The molecule has 0 aliphatic carbocycles. The molecule has 1 heterocycles. The summed E-state index contributed by atoms with van der Waals surface area (Å²) in [6, 6.07) is 20.0. The third-order valence-corrected chi connectivity index (χ3v) is 7.10. The fourth-order valence-corrected chi connectivity index (χ4v) is 4.86. The lowest BCUT2D eigenvalue weighted by Crippen LogP contribution is -2.22. The molecule has 4 rings (SSSR count). The molecule has 0 radical (unpaired) electrons. The number of nitro groups is 1. The number of nitro benzene ring substituents is 1. The van der Waals surface area contributed by atoms with Gasteiger partial charge in [-0.3, -0.25) is 19.7 Å². The third-order valence-electron chi connectivity index (χ3n) is 5.23. The molecule has 4 aromatic rings. The summed E-state index contributed by atoms with van der Waals surface area (Å²) in [5.74, 6) is 0.185. The zero-order valence-corrected chi connectivity index (χ0v) is 21.5. The molecular weight excluding hydrogens is 512 g/mol. The summed E-state index contributed by atoms with van der Waals surface area (Å²) in [7, 11) is 1.61. The van der Waals surface area contributed by atoms with Gasteiger partial charge in [-0.15, -0.1) is 23.1 Å². The Morgan fingerprint density at radius 3 is 2.46 bits per heavy atom. The van der Waals surface area contributed by atoms with E-state index in [0.29, 0.717) is 16.4 Å². The van der Waals surface area contributed by atoms with Gasteiger partial charge in [0.2, 0.25) is 5.91 Å². The van der Waals surface area contributed by atoms with Crippen molar-refractivity contribution in [3.63, 3.8) is 0 Å². The molecule has 0 aliphatic rings. The number of carbonyl (C=O) groups is 2. The summed E-state index contributed by atoms with van der Waals surface area (Å²) < 4.78 is 5.26. The first-order valence-corrected chi connectivity index (χ1v) is 12.8. The van der Waals surface area contributed by atoms with Crippen LogP contribution in [0.3, 0.4) is 0 Å². The summed E-state index contributed by atoms with van der Waals surface area (Å²) >= 11 is 2.73. The van der Waals surface area contributed by atoms with Crippen LogP contribution in [0.15, 0.2) is 83.1 Å². The van der Waals surface area contributed by atoms with Gasteiger partial charge in [0.05, 0.1) is 23.0 Å². The second-order valence-corrected chi connectivity index (χ2v) is 10.1. The number of ether oxygens (including phenoxy) is 1. The van der Waals surface area contributed by atoms with Gasteiger partial charge in [-0.05, 0) is 55.5 Å². The van der Waals surface area contributed by atoms with Crippen molar-refractivity contribution < 1.29 is 19.2 Å². The number of nitrogens with one attached hydrogen (secondary N) is 2. The molecule has 0 fully saturated rings. The second kappa shape index (κ2) is 11.7. The van der Waals surface area contributed by atoms with Gasteiger partial charge in [-0.1, -0.05) is 12.1 Å². The number of hydrogen-bond acceptors (Lipinski definition) is 8. The van der Waals surface area contributed by atoms with Crippen molar-refractivity contribution >= 4 is 51.4 Å². The number of amides is 2. The van der Waals surface area contributed by atoms with E-state index in [2.05, 4.69) is 15.6 Å². The van der Waals surface area contributed by atoms with Gasteiger partial charge in [-0.2, -0.15) is 0 Å². The number of nitrogens with zero attached hydrogens (tertiary/aromatic N) is 2.